The predicted octanol–water partition coefficient (Wildman–Crippen LogP) is 3.10. The minimum Gasteiger partial charge on any atom is -0.476 e. The second-order valence-electron chi connectivity index (χ2n) is 5.98. The summed E-state index contributed by atoms with van der Waals surface area (Å²) >= 11 is 0. The SMILES string of the molecule is C[S+](=O)(O)N[C@@H](c1ccc(CNCCOc2ccc(F)cn2)cc1)C(F)(F)F. The molecule has 0 saturated carbocycles. The molecule has 0 radical (unpaired) electrons. The van der Waals surface area contributed by atoms with Crippen molar-refractivity contribution in [3.8, 4) is 5.88 Å². The highest BCUT2D eigenvalue weighted by Crippen LogP contribution is 2.33. The average Bonchev–Trinajstić information content (AvgIpc) is 2.60. The van der Waals surface area contributed by atoms with Gasteiger partial charge in [-0.25, -0.2) is 9.37 Å². The number of nitrogens with one attached hydrogen (secondary N) is 2. The molecule has 0 amide bonds. The first kappa shape index (κ1) is 22.2. The van der Waals surface area contributed by atoms with E-state index in [1.54, 1.807) is 4.72 Å². The Kier molecular flexibility index (Phi) is 7.47. The molecule has 0 spiro atoms. The zero-order valence-corrected chi connectivity index (χ0v) is 15.7. The topological polar surface area (TPSA) is 83.5 Å². The smallest absolute Gasteiger partial charge is 0.412 e. The normalized spacial score (nSPS) is 15.1. The molecule has 154 valence electrons. The summed E-state index contributed by atoms with van der Waals surface area (Å²) in [4.78, 5) is 3.74. The van der Waals surface area contributed by atoms with Crippen molar-refractivity contribution in [3.05, 3.63) is 59.5 Å². The highest BCUT2D eigenvalue weighted by atomic mass is 32.3. The molecule has 0 bridgehead atoms. The standard InChI is InChI=1S/C17H19F4N3O3S/c1-28(25,26)24-16(17(19,20)21)13-4-2-12(3-5-13)10-22-8-9-27-15-7-6-14(18)11-23-15/h2-7,11,16,22H,8-10H2,1H3,(H-,24,25,26)/p+1/t16-/m0/s1. The Morgan fingerprint density at radius 3 is 2.43 bits per heavy atom. The monoisotopic (exact) mass is 422 g/mol. The number of aromatic nitrogens is 1. The van der Waals surface area contributed by atoms with Gasteiger partial charge in [0, 0.05) is 19.2 Å². The second kappa shape index (κ2) is 9.41. The molecular formula is C17H20F4N3O3S+. The van der Waals surface area contributed by atoms with Gasteiger partial charge in [-0.3, -0.25) is 0 Å². The van der Waals surface area contributed by atoms with Gasteiger partial charge in [0.15, 0.2) is 12.3 Å². The number of hydrogen-bond donors (Lipinski definition) is 3. The number of ether oxygens (including phenoxy) is 1. The minimum atomic E-state index is -4.72. The van der Waals surface area contributed by atoms with E-state index in [9.17, 15) is 26.3 Å². The predicted molar refractivity (Wildman–Crippen MR) is 96.4 cm³/mol. The van der Waals surface area contributed by atoms with Crippen LogP contribution in [0.4, 0.5) is 17.6 Å². The summed E-state index contributed by atoms with van der Waals surface area (Å²) in [6, 6.07) is 5.90. The molecule has 6 nitrogen and oxygen atoms in total. The third kappa shape index (κ3) is 7.50. The molecule has 0 fully saturated rings. The molecule has 0 aliphatic heterocycles. The van der Waals surface area contributed by atoms with Gasteiger partial charge in [0.2, 0.25) is 5.88 Å². The molecule has 1 unspecified atom stereocenters. The van der Waals surface area contributed by atoms with Gasteiger partial charge in [-0.1, -0.05) is 29.0 Å². The maximum Gasteiger partial charge on any atom is 0.412 e. The van der Waals surface area contributed by atoms with Gasteiger partial charge in [-0.15, -0.1) is 0 Å². The van der Waals surface area contributed by atoms with Gasteiger partial charge in [0.1, 0.15) is 12.4 Å². The van der Waals surface area contributed by atoms with Crippen molar-refractivity contribution in [2.45, 2.75) is 18.8 Å². The highest BCUT2D eigenvalue weighted by Gasteiger charge is 2.45. The Balaban J connectivity index is 1.84. The van der Waals surface area contributed by atoms with Crippen LogP contribution in [0.3, 0.4) is 0 Å². The van der Waals surface area contributed by atoms with Crippen molar-refractivity contribution in [3.63, 3.8) is 0 Å². The lowest BCUT2D eigenvalue weighted by Gasteiger charge is -2.19. The molecular weight excluding hydrogens is 402 g/mol. The van der Waals surface area contributed by atoms with Gasteiger partial charge >= 0.3 is 6.18 Å². The van der Waals surface area contributed by atoms with Crippen LogP contribution in [0.5, 0.6) is 5.88 Å². The first-order chi connectivity index (χ1) is 13.0. The molecule has 0 aliphatic carbocycles. The first-order valence-corrected chi connectivity index (χ1v) is 10.1. The van der Waals surface area contributed by atoms with Gasteiger partial charge < -0.3 is 10.1 Å². The summed E-state index contributed by atoms with van der Waals surface area (Å²) in [5.41, 5.74) is 0.566. The Labute approximate surface area is 160 Å². The number of pyridine rings is 1. The largest absolute Gasteiger partial charge is 0.476 e. The molecule has 2 rings (SSSR count). The summed E-state index contributed by atoms with van der Waals surface area (Å²) in [5.74, 6) is -0.174. The average molecular weight is 422 g/mol. The molecule has 3 N–H and O–H groups in total. The van der Waals surface area contributed by atoms with Crippen molar-refractivity contribution in [1.29, 1.82) is 0 Å². The fraction of sp³-hybridized carbons (Fsp3) is 0.353. The van der Waals surface area contributed by atoms with Crippen LogP contribution in [0.15, 0.2) is 42.6 Å². The molecule has 0 saturated heterocycles. The zero-order chi connectivity index (χ0) is 20.8. The lowest BCUT2D eigenvalue weighted by atomic mass is 10.1. The molecule has 1 aromatic heterocycles. The van der Waals surface area contributed by atoms with E-state index in [4.69, 9.17) is 4.74 Å². The quantitative estimate of drug-likeness (QED) is 0.329. The molecule has 11 heteroatoms. The van der Waals surface area contributed by atoms with Crippen LogP contribution >= 0.6 is 0 Å². The molecule has 1 heterocycles. The third-order valence-corrected chi connectivity index (χ3v) is 4.21. The van der Waals surface area contributed by atoms with E-state index in [2.05, 4.69) is 10.3 Å². The van der Waals surface area contributed by atoms with Gasteiger partial charge in [-0.2, -0.15) is 17.7 Å². The van der Waals surface area contributed by atoms with E-state index in [-0.39, 0.29) is 18.1 Å². The summed E-state index contributed by atoms with van der Waals surface area (Å²) in [7, 11) is -3.78. The first-order valence-electron chi connectivity index (χ1n) is 8.14. The number of rotatable bonds is 9. The van der Waals surface area contributed by atoms with Gasteiger partial charge in [-0.05, 0) is 21.4 Å². The lowest BCUT2D eigenvalue weighted by Crippen LogP contribution is -2.40. The van der Waals surface area contributed by atoms with E-state index in [1.165, 1.54) is 36.4 Å². The van der Waals surface area contributed by atoms with Crippen LogP contribution in [-0.4, -0.2) is 35.1 Å². The molecule has 1 aromatic carbocycles. The number of alkyl halides is 3. The fourth-order valence-electron chi connectivity index (χ4n) is 2.28. The highest BCUT2D eigenvalue weighted by molar-refractivity contribution is 7.95. The Bertz CT molecular complexity index is 795. The summed E-state index contributed by atoms with van der Waals surface area (Å²) in [6.07, 6.45) is -2.89. The minimum absolute atomic E-state index is 0.161. The van der Waals surface area contributed by atoms with Crippen LogP contribution in [0, 0.1) is 5.82 Å². The number of nitrogens with zero attached hydrogens (tertiary/aromatic N) is 1. The Morgan fingerprint density at radius 1 is 1.21 bits per heavy atom. The van der Waals surface area contributed by atoms with E-state index in [0.717, 1.165) is 18.0 Å². The summed E-state index contributed by atoms with van der Waals surface area (Å²) in [6.45, 7) is 1.10. The van der Waals surface area contributed by atoms with Crippen LogP contribution in [0.2, 0.25) is 0 Å². The Morgan fingerprint density at radius 2 is 1.89 bits per heavy atom. The van der Waals surface area contributed by atoms with E-state index in [1.807, 2.05) is 0 Å². The maximum atomic E-state index is 13.1. The van der Waals surface area contributed by atoms with Crippen molar-refractivity contribution in [1.82, 2.24) is 15.0 Å². The maximum absolute atomic E-state index is 13.1. The van der Waals surface area contributed by atoms with E-state index in [0.29, 0.717) is 13.1 Å². The summed E-state index contributed by atoms with van der Waals surface area (Å²) in [5, 5.41) is 3.05. The number of halogens is 4. The number of benzene rings is 1. The van der Waals surface area contributed by atoms with Crippen LogP contribution < -0.4 is 14.8 Å². The zero-order valence-electron chi connectivity index (χ0n) is 14.9. The molecule has 28 heavy (non-hydrogen) atoms. The lowest BCUT2D eigenvalue weighted by molar-refractivity contribution is -0.153. The van der Waals surface area contributed by atoms with E-state index < -0.39 is 28.4 Å². The van der Waals surface area contributed by atoms with Crippen LogP contribution in [0.1, 0.15) is 17.2 Å². The van der Waals surface area contributed by atoms with Crippen LogP contribution in [0.25, 0.3) is 0 Å². The van der Waals surface area contributed by atoms with Crippen molar-refractivity contribution in [2.75, 3.05) is 19.4 Å². The molecule has 2 aromatic rings. The van der Waals surface area contributed by atoms with Gasteiger partial charge in [0.05, 0.1) is 6.20 Å². The Hall–Kier alpha value is -2.08. The fourth-order valence-corrected chi connectivity index (χ4v) is 2.99. The summed E-state index contributed by atoms with van der Waals surface area (Å²) < 4.78 is 79.6. The number of hydrogen-bond acceptors (Lipinski definition) is 4. The second-order valence-corrected chi connectivity index (χ2v) is 7.82. The van der Waals surface area contributed by atoms with Crippen molar-refractivity contribution < 1.29 is 31.1 Å². The van der Waals surface area contributed by atoms with E-state index >= 15 is 0 Å². The molecule has 2 atom stereocenters. The van der Waals surface area contributed by atoms with Crippen LogP contribution in [-0.2, 0) is 21.2 Å². The van der Waals surface area contributed by atoms with Gasteiger partial charge in [0.25, 0.3) is 10.4 Å². The third-order valence-electron chi connectivity index (χ3n) is 3.54. The molecule has 0 aliphatic rings. The van der Waals surface area contributed by atoms with Crippen molar-refractivity contribution >= 4 is 10.4 Å². The van der Waals surface area contributed by atoms with Crippen molar-refractivity contribution in [2.24, 2.45) is 0 Å².